The number of likely N-dealkylation sites (tertiary alicyclic amines) is 1. The van der Waals surface area contributed by atoms with Crippen LogP contribution in [-0.4, -0.2) is 53.7 Å². The summed E-state index contributed by atoms with van der Waals surface area (Å²) < 4.78 is 0. The highest BCUT2D eigenvalue weighted by Crippen LogP contribution is 2.28. The molecule has 1 aliphatic heterocycles. The quantitative estimate of drug-likeness (QED) is 0.411. The Balaban J connectivity index is 1.61. The monoisotopic (exact) mass is 471 g/mol. The van der Waals surface area contributed by atoms with Crippen LogP contribution in [-0.2, 0) is 19.8 Å². The van der Waals surface area contributed by atoms with Gasteiger partial charge in [-0.3, -0.25) is 24.1 Å². The molecule has 2 fully saturated rings. The van der Waals surface area contributed by atoms with E-state index in [4.69, 9.17) is 0 Å². The van der Waals surface area contributed by atoms with Gasteiger partial charge in [-0.2, -0.15) is 0 Å². The molecule has 1 aromatic rings. The van der Waals surface area contributed by atoms with Crippen molar-refractivity contribution in [3.63, 3.8) is 0 Å². The summed E-state index contributed by atoms with van der Waals surface area (Å²) in [5.74, 6) is -1.66. The van der Waals surface area contributed by atoms with Crippen molar-refractivity contribution in [1.82, 2.24) is 15.5 Å². The van der Waals surface area contributed by atoms with Crippen LogP contribution in [0.4, 0.5) is 0 Å². The van der Waals surface area contributed by atoms with E-state index in [1.54, 1.807) is 19.1 Å². The first-order chi connectivity index (χ1) is 16.0. The lowest BCUT2D eigenvalue weighted by molar-refractivity contribution is -0.376. The minimum Gasteiger partial charge on any atom is -0.357 e. The van der Waals surface area contributed by atoms with Crippen LogP contribution >= 0.6 is 0 Å². The van der Waals surface area contributed by atoms with Crippen LogP contribution in [0.5, 0.6) is 0 Å². The average Bonchev–Trinajstić information content (AvgIpc) is 2.78. The number of carbonyl (C=O) groups is 4. The van der Waals surface area contributed by atoms with Gasteiger partial charge in [0.15, 0.2) is 0 Å². The molecular formula is C26H39N4O4+. The number of hydrogen-bond donors (Lipinski definition) is 3. The fourth-order valence-corrected chi connectivity index (χ4v) is 4.76. The number of β-lactam (4-membered cyclic amide) rings is 1. The lowest BCUT2D eigenvalue weighted by atomic mass is 9.82. The molecule has 0 radical (unpaired) electrons. The van der Waals surface area contributed by atoms with Crippen LogP contribution in [0.25, 0.3) is 0 Å². The van der Waals surface area contributed by atoms with Crippen molar-refractivity contribution in [2.45, 2.75) is 77.3 Å². The molecule has 34 heavy (non-hydrogen) atoms. The van der Waals surface area contributed by atoms with E-state index in [0.29, 0.717) is 37.9 Å². The molecule has 1 saturated heterocycles. The van der Waals surface area contributed by atoms with Crippen molar-refractivity contribution in [2.24, 2.45) is 11.8 Å². The highest BCUT2D eigenvalue weighted by Gasteiger charge is 2.40. The van der Waals surface area contributed by atoms with Gasteiger partial charge in [0, 0.05) is 30.6 Å². The van der Waals surface area contributed by atoms with Gasteiger partial charge in [0.1, 0.15) is 5.92 Å². The van der Waals surface area contributed by atoms with Crippen molar-refractivity contribution < 1.29 is 24.9 Å². The lowest BCUT2D eigenvalue weighted by Crippen LogP contribution is -2.63. The van der Waals surface area contributed by atoms with E-state index in [9.17, 15) is 19.2 Å². The van der Waals surface area contributed by atoms with Gasteiger partial charge in [0.2, 0.25) is 17.7 Å². The van der Waals surface area contributed by atoms with Crippen LogP contribution in [0.15, 0.2) is 24.3 Å². The molecule has 8 heteroatoms. The Bertz CT molecular complexity index is 922. The number of hydrogen-bond acceptors (Lipinski definition) is 4. The fraction of sp³-hybridized carbons (Fsp3) is 0.615. The molecule has 5 N–H and O–H groups in total. The molecule has 3 rings (SSSR count). The zero-order valence-corrected chi connectivity index (χ0v) is 20.9. The molecule has 1 aliphatic carbocycles. The van der Waals surface area contributed by atoms with Crippen LogP contribution in [0, 0.1) is 11.8 Å². The molecular weight excluding hydrogens is 432 g/mol. The number of imide groups is 1. The van der Waals surface area contributed by atoms with Crippen molar-refractivity contribution in [2.75, 3.05) is 13.1 Å². The van der Waals surface area contributed by atoms with Gasteiger partial charge in [-0.25, -0.2) is 0 Å². The van der Waals surface area contributed by atoms with Gasteiger partial charge in [0.05, 0.1) is 12.5 Å². The Hall–Kier alpha value is -2.74. The Kier molecular flexibility index (Phi) is 8.13. The van der Waals surface area contributed by atoms with Crippen molar-refractivity contribution in [1.29, 1.82) is 0 Å². The Labute approximate surface area is 202 Å². The molecule has 4 amide bonds. The number of benzene rings is 1. The molecule has 8 nitrogen and oxygen atoms in total. The summed E-state index contributed by atoms with van der Waals surface area (Å²) in [5.41, 5.74) is 5.61. The summed E-state index contributed by atoms with van der Waals surface area (Å²) in [6, 6.07) is 6.78. The summed E-state index contributed by atoms with van der Waals surface area (Å²) >= 11 is 0. The zero-order chi connectivity index (χ0) is 25.0. The maximum Gasteiger partial charge on any atom is 0.251 e. The molecule has 186 valence electrons. The summed E-state index contributed by atoms with van der Waals surface area (Å²) in [7, 11) is 0. The van der Waals surface area contributed by atoms with E-state index in [1.165, 1.54) is 4.90 Å². The number of quaternary nitrogens is 1. The molecule has 0 bridgehead atoms. The molecule has 1 aromatic carbocycles. The third kappa shape index (κ3) is 5.84. The van der Waals surface area contributed by atoms with Crippen molar-refractivity contribution in [3.05, 3.63) is 35.4 Å². The van der Waals surface area contributed by atoms with E-state index >= 15 is 0 Å². The smallest absolute Gasteiger partial charge is 0.251 e. The Morgan fingerprint density at radius 1 is 1.12 bits per heavy atom. The fourth-order valence-electron chi connectivity index (χ4n) is 4.76. The topological polar surface area (TPSA) is 123 Å². The van der Waals surface area contributed by atoms with E-state index in [2.05, 4.69) is 37.1 Å². The van der Waals surface area contributed by atoms with Crippen LogP contribution in [0.2, 0.25) is 0 Å². The Morgan fingerprint density at radius 3 is 2.29 bits per heavy atom. The maximum absolute atomic E-state index is 13.1. The normalized spacial score (nSPS) is 22.4. The molecule has 1 heterocycles. The minimum atomic E-state index is -0.527. The SMILES string of the molecule is C[C@H](NC(=O)c1ccc(C(C)(C)C)cc1)[C@H](C[NH3+])C(=O)N[C@@H]1CCCC[C@@H]1C(=O)N1CCC1=O. The maximum atomic E-state index is 13.1. The number of carbonyl (C=O) groups excluding carboxylic acids is 4. The van der Waals surface area contributed by atoms with Crippen molar-refractivity contribution >= 4 is 23.6 Å². The predicted molar refractivity (Wildman–Crippen MR) is 129 cm³/mol. The van der Waals surface area contributed by atoms with E-state index in [-0.39, 0.29) is 41.0 Å². The lowest BCUT2D eigenvalue weighted by Gasteiger charge is -2.38. The number of nitrogens with zero attached hydrogens (tertiary/aromatic N) is 1. The van der Waals surface area contributed by atoms with Gasteiger partial charge in [-0.15, -0.1) is 0 Å². The largest absolute Gasteiger partial charge is 0.357 e. The van der Waals surface area contributed by atoms with Gasteiger partial charge >= 0.3 is 0 Å². The van der Waals surface area contributed by atoms with Crippen LogP contribution in [0.3, 0.4) is 0 Å². The van der Waals surface area contributed by atoms with E-state index < -0.39 is 12.0 Å². The van der Waals surface area contributed by atoms with E-state index in [0.717, 1.165) is 18.4 Å². The first-order valence-corrected chi connectivity index (χ1v) is 12.4. The summed E-state index contributed by atoms with van der Waals surface area (Å²) in [5, 5.41) is 5.99. The first kappa shape index (κ1) is 25.9. The van der Waals surface area contributed by atoms with Crippen molar-refractivity contribution in [3.8, 4) is 0 Å². The summed E-state index contributed by atoms with van der Waals surface area (Å²) in [6.07, 6.45) is 3.61. The van der Waals surface area contributed by atoms with E-state index in [1.807, 2.05) is 12.1 Å². The molecule has 1 saturated carbocycles. The predicted octanol–water partition coefficient (Wildman–Crippen LogP) is 1.39. The number of nitrogens with one attached hydrogen (secondary N) is 2. The van der Waals surface area contributed by atoms with Crippen LogP contribution in [0.1, 0.15) is 75.7 Å². The van der Waals surface area contributed by atoms with Gasteiger partial charge in [-0.1, -0.05) is 45.7 Å². The third-order valence-electron chi connectivity index (χ3n) is 7.15. The first-order valence-electron chi connectivity index (χ1n) is 12.4. The second-order valence-electron chi connectivity index (χ2n) is 10.6. The highest BCUT2D eigenvalue weighted by molar-refractivity contribution is 6.00. The number of rotatable bonds is 7. The summed E-state index contributed by atoms with van der Waals surface area (Å²) in [6.45, 7) is 8.94. The van der Waals surface area contributed by atoms with Gasteiger partial charge < -0.3 is 16.4 Å². The van der Waals surface area contributed by atoms with Gasteiger partial charge in [0.25, 0.3) is 5.91 Å². The molecule has 0 unspecified atom stereocenters. The van der Waals surface area contributed by atoms with Gasteiger partial charge in [-0.05, 0) is 42.9 Å². The minimum absolute atomic E-state index is 0.000655. The summed E-state index contributed by atoms with van der Waals surface area (Å²) in [4.78, 5) is 51.8. The third-order valence-corrected chi connectivity index (χ3v) is 7.15. The number of amides is 4. The molecule has 0 aromatic heterocycles. The zero-order valence-electron chi connectivity index (χ0n) is 20.9. The molecule has 0 spiro atoms. The second-order valence-corrected chi connectivity index (χ2v) is 10.6. The highest BCUT2D eigenvalue weighted by atomic mass is 16.2. The average molecular weight is 472 g/mol. The molecule has 4 atom stereocenters. The molecule has 2 aliphatic rings. The standard InChI is InChI=1S/C26H38N4O4/c1-16(28-23(32)17-9-11-18(12-10-17)26(2,3)4)20(15-27)24(33)29-21-8-6-5-7-19(21)25(34)30-14-13-22(30)31/h9-12,16,19-21H,5-8,13-15,27H2,1-4H3,(H,28,32)(H,29,33)/p+1/t16-,19-,20-,21+/m0/s1. The van der Waals surface area contributed by atoms with Crippen LogP contribution < -0.4 is 16.4 Å². The second kappa shape index (κ2) is 10.7. The Morgan fingerprint density at radius 2 is 1.76 bits per heavy atom.